The number of carbonyl (C=O) groups excluding carboxylic acids is 1. The summed E-state index contributed by atoms with van der Waals surface area (Å²) in [6.45, 7) is 7.27. The third-order valence-electron chi connectivity index (χ3n) is 4.70. The molecule has 6 nitrogen and oxygen atoms in total. The molecular weight excluding hydrogens is 266 g/mol. The summed E-state index contributed by atoms with van der Waals surface area (Å²) in [5.41, 5.74) is 0. The van der Waals surface area contributed by atoms with E-state index in [9.17, 15) is 4.79 Å². The van der Waals surface area contributed by atoms with Crippen LogP contribution >= 0.6 is 0 Å². The van der Waals surface area contributed by atoms with Gasteiger partial charge in [-0.3, -0.25) is 4.79 Å². The first kappa shape index (κ1) is 14.5. The summed E-state index contributed by atoms with van der Waals surface area (Å²) >= 11 is 0. The van der Waals surface area contributed by atoms with Crippen LogP contribution in [0.25, 0.3) is 0 Å². The molecule has 3 rings (SSSR count). The number of piperidine rings is 1. The van der Waals surface area contributed by atoms with Crippen LogP contribution in [0.1, 0.15) is 32.2 Å². The van der Waals surface area contributed by atoms with Crippen molar-refractivity contribution in [3.05, 3.63) is 12.3 Å². The Labute approximate surface area is 125 Å². The number of rotatable bonds is 4. The van der Waals surface area contributed by atoms with Crippen molar-refractivity contribution in [3.63, 3.8) is 0 Å². The second kappa shape index (κ2) is 6.58. The van der Waals surface area contributed by atoms with Crippen LogP contribution in [-0.4, -0.2) is 53.3 Å². The van der Waals surface area contributed by atoms with Gasteiger partial charge in [-0.25, -0.2) is 4.68 Å². The van der Waals surface area contributed by atoms with Gasteiger partial charge in [-0.15, -0.1) is 0 Å². The predicted molar refractivity (Wildman–Crippen MR) is 82.2 cm³/mol. The lowest BCUT2D eigenvalue weighted by Gasteiger charge is -2.31. The van der Waals surface area contributed by atoms with Crippen molar-refractivity contribution in [2.24, 2.45) is 5.92 Å². The van der Waals surface area contributed by atoms with E-state index >= 15 is 0 Å². The number of nitrogens with one attached hydrogen (secondary N) is 2. The highest BCUT2D eigenvalue weighted by molar-refractivity contribution is 5.92. The lowest BCUT2D eigenvalue weighted by molar-refractivity contribution is -0.119. The van der Waals surface area contributed by atoms with Crippen molar-refractivity contribution < 1.29 is 4.79 Å². The van der Waals surface area contributed by atoms with Gasteiger partial charge in [-0.1, -0.05) is 6.92 Å². The van der Waals surface area contributed by atoms with Crippen LogP contribution in [-0.2, 0) is 4.79 Å². The lowest BCUT2D eigenvalue weighted by Crippen LogP contribution is -2.35. The highest BCUT2D eigenvalue weighted by Crippen LogP contribution is 2.25. The molecule has 0 spiro atoms. The molecule has 0 aromatic carbocycles. The Bertz CT molecular complexity index is 472. The Morgan fingerprint density at radius 3 is 2.90 bits per heavy atom. The van der Waals surface area contributed by atoms with Crippen LogP contribution in [0.4, 0.5) is 5.82 Å². The Morgan fingerprint density at radius 1 is 1.43 bits per heavy atom. The summed E-state index contributed by atoms with van der Waals surface area (Å²) in [4.78, 5) is 14.7. The predicted octanol–water partition coefficient (Wildman–Crippen LogP) is 1.09. The average molecular weight is 291 g/mol. The van der Waals surface area contributed by atoms with Gasteiger partial charge in [0.2, 0.25) is 5.91 Å². The van der Waals surface area contributed by atoms with Crippen molar-refractivity contribution >= 4 is 11.7 Å². The third kappa shape index (κ3) is 3.27. The zero-order chi connectivity index (χ0) is 14.7. The SMILES string of the molecule is CCN1CCC(n2nccc2NC(=O)C2CCNC2)CC1. The van der Waals surface area contributed by atoms with Gasteiger partial charge in [0.05, 0.1) is 18.2 Å². The van der Waals surface area contributed by atoms with E-state index in [0.29, 0.717) is 6.04 Å². The van der Waals surface area contributed by atoms with E-state index in [1.165, 1.54) is 0 Å². The molecule has 1 unspecified atom stereocenters. The third-order valence-corrected chi connectivity index (χ3v) is 4.70. The minimum absolute atomic E-state index is 0.0929. The Morgan fingerprint density at radius 2 is 2.24 bits per heavy atom. The first-order valence-electron chi connectivity index (χ1n) is 8.05. The molecule has 0 aliphatic carbocycles. The van der Waals surface area contributed by atoms with Crippen molar-refractivity contribution in [3.8, 4) is 0 Å². The molecule has 0 radical (unpaired) electrons. The Hall–Kier alpha value is -1.40. The molecule has 2 aliphatic rings. The van der Waals surface area contributed by atoms with Gasteiger partial charge in [0.1, 0.15) is 5.82 Å². The maximum absolute atomic E-state index is 12.2. The highest BCUT2D eigenvalue weighted by Gasteiger charge is 2.25. The lowest BCUT2D eigenvalue weighted by atomic mass is 10.1. The van der Waals surface area contributed by atoms with Crippen LogP contribution in [0.15, 0.2) is 12.3 Å². The number of amides is 1. The smallest absolute Gasteiger partial charge is 0.229 e. The summed E-state index contributed by atoms with van der Waals surface area (Å²) in [6, 6.07) is 2.31. The standard InChI is InChI=1S/C15H25N5O/c1-2-19-9-5-13(6-10-19)20-14(4-8-17-20)18-15(21)12-3-7-16-11-12/h4,8,12-13,16H,2-3,5-7,9-11H2,1H3,(H,18,21). The molecule has 3 heterocycles. The molecule has 0 saturated carbocycles. The zero-order valence-corrected chi connectivity index (χ0v) is 12.7. The van der Waals surface area contributed by atoms with Gasteiger partial charge in [0.15, 0.2) is 0 Å². The maximum atomic E-state index is 12.2. The molecule has 2 saturated heterocycles. The molecule has 21 heavy (non-hydrogen) atoms. The number of carbonyl (C=O) groups is 1. The largest absolute Gasteiger partial charge is 0.316 e. The number of likely N-dealkylation sites (tertiary alicyclic amines) is 1. The van der Waals surface area contributed by atoms with Crippen LogP contribution < -0.4 is 10.6 Å². The minimum Gasteiger partial charge on any atom is -0.316 e. The fourth-order valence-corrected chi connectivity index (χ4v) is 3.29. The normalized spacial score (nSPS) is 24.3. The van der Waals surface area contributed by atoms with E-state index in [2.05, 4.69) is 27.6 Å². The van der Waals surface area contributed by atoms with Crippen molar-refractivity contribution in [1.29, 1.82) is 0 Å². The van der Waals surface area contributed by atoms with Gasteiger partial charge in [0, 0.05) is 25.7 Å². The fourth-order valence-electron chi connectivity index (χ4n) is 3.29. The molecule has 2 aliphatic heterocycles. The number of aromatic nitrogens is 2. The van der Waals surface area contributed by atoms with E-state index in [1.54, 1.807) is 6.20 Å². The summed E-state index contributed by atoms with van der Waals surface area (Å²) in [5, 5.41) is 10.7. The molecule has 1 aromatic heterocycles. The number of anilines is 1. The monoisotopic (exact) mass is 291 g/mol. The summed E-state index contributed by atoms with van der Waals surface area (Å²) < 4.78 is 2.01. The maximum Gasteiger partial charge on any atom is 0.229 e. The molecule has 116 valence electrons. The van der Waals surface area contributed by atoms with Crippen LogP contribution in [0.2, 0.25) is 0 Å². The van der Waals surface area contributed by atoms with Gasteiger partial charge >= 0.3 is 0 Å². The molecule has 1 aromatic rings. The average Bonchev–Trinajstić information content (AvgIpc) is 3.19. The van der Waals surface area contributed by atoms with Gasteiger partial charge in [-0.2, -0.15) is 5.10 Å². The van der Waals surface area contributed by atoms with E-state index in [4.69, 9.17) is 0 Å². The second-order valence-electron chi connectivity index (χ2n) is 6.01. The molecule has 1 atom stereocenters. The van der Waals surface area contributed by atoms with E-state index in [-0.39, 0.29) is 11.8 Å². The van der Waals surface area contributed by atoms with Gasteiger partial charge in [0.25, 0.3) is 0 Å². The number of nitrogens with zero attached hydrogens (tertiary/aromatic N) is 3. The summed E-state index contributed by atoms with van der Waals surface area (Å²) in [6.07, 6.45) is 4.91. The van der Waals surface area contributed by atoms with Crippen LogP contribution in [0.3, 0.4) is 0 Å². The van der Waals surface area contributed by atoms with E-state index < -0.39 is 0 Å². The number of hydrogen-bond donors (Lipinski definition) is 2. The summed E-state index contributed by atoms with van der Waals surface area (Å²) in [7, 11) is 0. The zero-order valence-electron chi connectivity index (χ0n) is 12.7. The van der Waals surface area contributed by atoms with Crippen LogP contribution in [0, 0.1) is 5.92 Å². The van der Waals surface area contributed by atoms with Crippen molar-refractivity contribution in [2.75, 3.05) is 38.0 Å². The topological polar surface area (TPSA) is 62.2 Å². The first-order valence-corrected chi connectivity index (χ1v) is 8.05. The summed E-state index contributed by atoms with van der Waals surface area (Å²) in [5.74, 6) is 1.06. The molecule has 2 N–H and O–H groups in total. The van der Waals surface area contributed by atoms with Crippen LogP contribution in [0.5, 0.6) is 0 Å². The highest BCUT2D eigenvalue weighted by atomic mass is 16.2. The minimum atomic E-state index is 0.0929. The quantitative estimate of drug-likeness (QED) is 0.871. The Balaban J connectivity index is 1.62. The molecule has 1 amide bonds. The number of hydrogen-bond acceptors (Lipinski definition) is 4. The molecule has 2 fully saturated rings. The van der Waals surface area contributed by atoms with Crippen molar-refractivity contribution in [1.82, 2.24) is 20.0 Å². The van der Waals surface area contributed by atoms with E-state index in [1.807, 2.05) is 10.7 Å². The van der Waals surface area contributed by atoms with Gasteiger partial charge in [-0.05, 0) is 32.4 Å². The van der Waals surface area contributed by atoms with Gasteiger partial charge < -0.3 is 15.5 Å². The Kier molecular flexibility index (Phi) is 4.55. The van der Waals surface area contributed by atoms with Crippen molar-refractivity contribution in [2.45, 2.75) is 32.2 Å². The van der Waals surface area contributed by atoms with E-state index in [0.717, 1.165) is 57.8 Å². The second-order valence-corrected chi connectivity index (χ2v) is 6.01. The molecule has 6 heteroatoms. The first-order chi connectivity index (χ1) is 10.3. The molecular formula is C15H25N5O. The fraction of sp³-hybridized carbons (Fsp3) is 0.733. The molecule has 0 bridgehead atoms.